The maximum Gasteiger partial charge on any atom is 0.347 e. The molecule has 0 saturated carbocycles. The predicted octanol–water partition coefficient (Wildman–Crippen LogP) is 5.64. The molecule has 0 aliphatic carbocycles. The van der Waals surface area contributed by atoms with Crippen molar-refractivity contribution in [2.45, 2.75) is 33.1 Å². The summed E-state index contributed by atoms with van der Waals surface area (Å²) in [6.07, 6.45) is 3.12. The summed E-state index contributed by atoms with van der Waals surface area (Å²) >= 11 is 0. The van der Waals surface area contributed by atoms with E-state index in [-0.39, 0.29) is 11.3 Å². The number of phenolic OH excluding ortho intramolecular Hbond substituents is 1. The second-order valence-corrected chi connectivity index (χ2v) is 6.53. The number of esters is 1. The Morgan fingerprint density at radius 1 is 1.04 bits per heavy atom. The molecule has 0 unspecified atom stereocenters. The summed E-state index contributed by atoms with van der Waals surface area (Å²) in [7, 11) is 0. The molecule has 4 nitrogen and oxygen atoms in total. The van der Waals surface area contributed by atoms with Gasteiger partial charge in [0.2, 0.25) is 0 Å². The van der Waals surface area contributed by atoms with E-state index in [9.17, 15) is 9.90 Å². The Morgan fingerprint density at radius 3 is 2.56 bits per heavy atom. The normalized spacial score (nSPS) is 10.7. The monoisotopic (exact) mass is 364 g/mol. The summed E-state index contributed by atoms with van der Waals surface area (Å²) in [6.45, 7) is 4.66. The topological polar surface area (TPSA) is 55.8 Å². The number of carbonyl (C=O) groups is 1. The Hall–Kier alpha value is -3.01. The molecule has 3 aromatic rings. The number of para-hydroxylation sites is 1. The number of phenols is 1. The van der Waals surface area contributed by atoms with Gasteiger partial charge in [-0.2, -0.15) is 0 Å². The van der Waals surface area contributed by atoms with Crippen LogP contribution in [0.2, 0.25) is 0 Å². The summed E-state index contributed by atoms with van der Waals surface area (Å²) < 4.78 is 11.4. The third-order valence-corrected chi connectivity index (χ3v) is 4.48. The molecular formula is C23H24O4. The molecule has 0 radical (unpaired) electrons. The van der Waals surface area contributed by atoms with Crippen LogP contribution in [-0.4, -0.2) is 17.7 Å². The SMILES string of the molecule is CCCCCOc1cc(C(=O)Oc2ccccc2)c(O)c2cccc(C)c12. The van der Waals surface area contributed by atoms with Crippen molar-refractivity contribution in [3.8, 4) is 17.2 Å². The zero-order valence-corrected chi connectivity index (χ0v) is 15.7. The fourth-order valence-electron chi connectivity index (χ4n) is 3.06. The molecule has 0 amide bonds. The molecule has 3 aromatic carbocycles. The third kappa shape index (κ3) is 4.22. The minimum absolute atomic E-state index is 0.0875. The lowest BCUT2D eigenvalue weighted by Gasteiger charge is -2.15. The maximum absolute atomic E-state index is 12.7. The number of hydrogen-bond donors (Lipinski definition) is 1. The fourth-order valence-corrected chi connectivity index (χ4v) is 3.06. The summed E-state index contributed by atoms with van der Waals surface area (Å²) in [6, 6.07) is 16.0. The molecule has 27 heavy (non-hydrogen) atoms. The van der Waals surface area contributed by atoms with E-state index < -0.39 is 5.97 Å². The summed E-state index contributed by atoms with van der Waals surface area (Å²) in [5, 5.41) is 12.1. The molecular weight excluding hydrogens is 340 g/mol. The minimum atomic E-state index is -0.611. The van der Waals surface area contributed by atoms with Crippen LogP contribution in [0.1, 0.15) is 42.1 Å². The zero-order valence-electron chi connectivity index (χ0n) is 15.7. The smallest absolute Gasteiger partial charge is 0.347 e. The molecule has 1 N–H and O–H groups in total. The number of hydrogen-bond acceptors (Lipinski definition) is 4. The molecule has 0 aromatic heterocycles. The van der Waals surface area contributed by atoms with E-state index in [2.05, 4.69) is 6.92 Å². The highest BCUT2D eigenvalue weighted by Crippen LogP contribution is 2.38. The highest BCUT2D eigenvalue weighted by Gasteiger charge is 2.20. The Morgan fingerprint density at radius 2 is 1.81 bits per heavy atom. The first-order chi connectivity index (χ1) is 13.1. The Kier molecular flexibility index (Phi) is 5.97. The van der Waals surface area contributed by atoms with Gasteiger partial charge in [0.15, 0.2) is 0 Å². The third-order valence-electron chi connectivity index (χ3n) is 4.48. The van der Waals surface area contributed by atoms with Gasteiger partial charge in [-0.05, 0) is 37.1 Å². The van der Waals surface area contributed by atoms with E-state index >= 15 is 0 Å². The van der Waals surface area contributed by atoms with Gasteiger partial charge < -0.3 is 14.6 Å². The van der Waals surface area contributed by atoms with Crippen molar-refractivity contribution < 1.29 is 19.4 Å². The number of rotatable bonds is 7. The van der Waals surface area contributed by atoms with Crippen molar-refractivity contribution in [1.29, 1.82) is 0 Å². The van der Waals surface area contributed by atoms with Crippen LogP contribution >= 0.6 is 0 Å². The summed E-state index contributed by atoms with van der Waals surface area (Å²) in [5.74, 6) is 0.324. The van der Waals surface area contributed by atoms with Gasteiger partial charge in [-0.15, -0.1) is 0 Å². The second kappa shape index (κ2) is 8.58. The van der Waals surface area contributed by atoms with Crippen LogP contribution in [0.5, 0.6) is 17.2 Å². The van der Waals surface area contributed by atoms with Gasteiger partial charge in [-0.1, -0.05) is 56.2 Å². The van der Waals surface area contributed by atoms with Crippen molar-refractivity contribution >= 4 is 16.7 Å². The van der Waals surface area contributed by atoms with Gasteiger partial charge in [0, 0.05) is 10.8 Å². The van der Waals surface area contributed by atoms with Gasteiger partial charge in [0.25, 0.3) is 0 Å². The fraction of sp³-hybridized carbons (Fsp3) is 0.261. The van der Waals surface area contributed by atoms with Crippen LogP contribution in [0, 0.1) is 6.92 Å². The molecule has 0 atom stereocenters. The molecule has 140 valence electrons. The van der Waals surface area contributed by atoms with Crippen molar-refractivity contribution in [3.05, 3.63) is 65.7 Å². The van der Waals surface area contributed by atoms with Crippen molar-refractivity contribution in [2.75, 3.05) is 6.61 Å². The molecule has 0 fully saturated rings. The second-order valence-electron chi connectivity index (χ2n) is 6.53. The van der Waals surface area contributed by atoms with E-state index in [0.29, 0.717) is 23.5 Å². The average Bonchev–Trinajstić information content (AvgIpc) is 2.67. The number of aryl methyl sites for hydroxylation is 1. The molecule has 0 bridgehead atoms. The van der Waals surface area contributed by atoms with E-state index in [1.165, 1.54) is 0 Å². The van der Waals surface area contributed by atoms with Crippen LogP contribution in [0.15, 0.2) is 54.6 Å². The Bertz CT molecular complexity index is 932. The van der Waals surface area contributed by atoms with E-state index in [1.54, 1.807) is 36.4 Å². The predicted molar refractivity (Wildman–Crippen MR) is 107 cm³/mol. The van der Waals surface area contributed by atoms with Gasteiger partial charge in [0.1, 0.15) is 22.8 Å². The van der Waals surface area contributed by atoms with Crippen molar-refractivity contribution in [3.63, 3.8) is 0 Å². The largest absolute Gasteiger partial charge is 0.506 e. The highest BCUT2D eigenvalue weighted by atomic mass is 16.5. The molecule has 0 aliphatic rings. The molecule has 0 aliphatic heterocycles. The maximum atomic E-state index is 12.7. The van der Waals surface area contributed by atoms with Crippen molar-refractivity contribution in [2.24, 2.45) is 0 Å². The number of aromatic hydroxyl groups is 1. The first-order valence-corrected chi connectivity index (χ1v) is 9.27. The number of fused-ring (bicyclic) bond motifs is 1. The lowest BCUT2D eigenvalue weighted by molar-refractivity contribution is 0.0731. The quantitative estimate of drug-likeness (QED) is 0.335. The van der Waals surface area contributed by atoms with E-state index in [1.807, 2.05) is 25.1 Å². The number of unbranched alkanes of at least 4 members (excludes halogenated alkanes) is 2. The number of carbonyl (C=O) groups excluding carboxylic acids is 1. The Balaban J connectivity index is 1.99. The first kappa shape index (κ1) is 18.8. The zero-order chi connectivity index (χ0) is 19.2. The molecule has 3 rings (SSSR count). The van der Waals surface area contributed by atoms with Crippen LogP contribution in [0.3, 0.4) is 0 Å². The first-order valence-electron chi connectivity index (χ1n) is 9.27. The van der Waals surface area contributed by atoms with Gasteiger partial charge in [0.05, 0.1) is 6.61 Å². The minimum Gasteiger partial charge on any atom is -0.506 e. The molecule has 0 spiro atoms. The van der Waals surface area contributed by atoms with Crippen LogP contribution < -0.4 is 9.47 Å². The Labute approximate surface area is 159 Å². The van der Waals surface area contributed by atoms with Crippen LogP contribution in [0.4, 0.5) is 0 Å². The summed E-state index contributed by atoms with van der Waals surface area (Å²) in [5.41, 5.74) is 1.08. The number of ether oxygens (including phenoxy) is 2. The number of benzene rings is 3. The lowest BCUT2D eigenvalue weighted by Crippen LogP contribution is -2.10. The van der Waals surface area contributed by atoms with Crippen molar-refractivity contribution in [1.82, 2.24) is 0 Å². The lowest BCUT2D eigenvalue weighted by atomic mass is 10.00. The van der Waals surface area contributed by atoms with Crippen LogP contribution in [-0.2, 0) is 0 Å². The van der Waals surface area contributed by atoms with Gasteiger partial charge >= 0.3 is 5.97 Å². The highest BCUT2D eigenvalue weighted by molar-refractivity contribution is 6.05. The standard InChI is InChI=1S/C23H24O4/c1-3-4-8-14-26-20-15-19(23(25)27-17-11-6-5-7-12-17)22(24)18-13-9-10-16(2)21(18)20/h5-7,9-13,15,24H,3-4,8,14H2,1-2H3. The molecule has 0 heterocycles. The van der Waals surface area contributed by atoms with Crippen LogP contribution in [0.25, 0.3) is 10.8 Å². The average molecular weight is 364 g/mol. The summed E-state index contributed by atoms with van der Waals surface area (Å²) in [4.78, 5) is 12.7. The molecule has 0 saturated heterocycles. The molecule has 4 heteroatoms. The van der Waals surface area contributed by atoms with E-state index in [4.69, 9.17) is 9.47 Å². The van der Waals surface area contributed by atoms with Gasteiger partial charge in [-0.25, -0.2) is 4.79 Å². The van der Waals surface area contributed by atoms with E-state index in [0.717, 1.165) is 30.2 Å². The van der Waals surface area contributed by atoms with Gasteiger partial charge in [-0.3, -0.25) is 0 Å².